The summed E-state index contributed by atoms with van der Waals surface area (Å²) in [6, 6.07) is 6.70. The standard InChI is InChI=1S/C16H24N2O2/c1-3-12(2)15(18-9-7-17-8-10-18)13-5-4-6-14-16(13)20-11-19-14/h4-6,12,15,17H,3,7-11H2,1-2H3/t12?,15-/m0/s1. The Labute approximate surface area is 121 Å². The molecule has 1 aromatic carbocycles. The van der Waals surface area contributed by atoms with Crippen LogP contribution in [0.25, 0.3) is 0 Å². The molecule has 1 aromatic rings. The Morgan fingerprint density at radius 2 is 2.05 bits per heavy atom. The first-order valence-electron chi connectivity index (χ1n) is 7.64. The van der Waals surface area contributed by atoms with Gasteiger partial charge in [0.2, 0.25) is 6.79 Å². The predicted octanol–water partition coefficient (Wildman–Crippen LogP) is 2.41. The number of para-hydroxylation sites is 1. The lowest BCUT2D eigenvalue weighted by molar-refractivity contribution is 0.123. The number of benzene rings is 1. The molecule has 0 radical (unpaired) electrons. The maximum atomic E-state index is 5.73. The largest absolute Gasteiger partial charge is 0.454 e. The fourth-order valence-electron chi connectivity index (χ4n) is 3.23. The molecule has 3 rings (SSSR count). The molecular weight excluding hydrogens is 252 g/mol. The van der Waals surface area contributed by atoms with E-state index in [9.17, 15) is 0 Å². The highest BCUT2D eigenvalue weighted by Crippen LogP contribution is 2.43. The fourth-order valence-corrected chi connectivity index (χ4v) is 3.23. The minimum absolute atomic E-state index is 0.348. The molecule has 0 spiro atoms. The van der Waals surface area contributed by atoms with Crippen LogP contribution in [0, 0.1) is 5.92 Å². The first-order chi connectivity index (χ1) is 9.81. The van der Waals surface area contributed by atoms with Gasteiger partial charge < -0.3 is 14.8 Å². The van der Waals surface area contributed by atoms with Gasteiger partial charge in [0.25, 0.3) is 0 Å². The van der Waals surface area contributed by atoms with E-state index in [1.165, 1.54) is 12.0 Å². The van der Waals surface area contributed by atoms with Crippen LogP contribution in [0.4, 0.5) is 0 Å². The van der Waals surface area contributed by atoms with E-state index in [-0.39, 0.29) is 0 Å². The lowest BCUT2D eigenvalue weighted by atomic mass is 9.89. The summed E-state index contributed by atoms with van der Waals surface area (Å²) in [7, 11) is 0. The second-order valence-electron chi connectivity index (χ2n) is 5.70. The Morgan fingerprint density at radius 1 is 1.25 bits per heavy atom. The van der Waals surface area contributed by atoms with Gasteiger partial charge in [-0.15, -0.1) is 0 Å². The summed E-state index contributed by atoms with van der Waals surface area (Å²) < 4.78 is 11.3. The third-order valence-electron chi connectivity index (χ3n) is 4.47. The van der Waals surface area contributed by atoms with Gasteiger partial charge in [-0.2, -0.15) is 0 Å². The van der Waals surface area contributed by atoms with E-state index in [1.807, 2.05) is 6.07 Å². The molecule has 0 aliphatic carbocycles. The Balaban J connectivity index is 1.94. The van der Waals surface area contributed by atoms with Gasteiger partial charge in [-0.05, 0) is 12.0 Å². The van der Waals surface area contributed by atoms with Gasteiger partial charge in [-0.25, -0.2) is 0 Å². The van der Waals surface area contributed by atoms with Crippen LogP contribution in [0.5, 0.6) is 11.5 Å². The van der Waals surface area contributed by atoms with Crippen LogP contribution in [0.3, 0.4) is 0 Å². The van der Waals surface area contributed by atoms with Crippen molar-refractivity contribution in [3.8, 4) is 11.5 Å². The summed E-state index contributed by atoms with van der Waals surface area (Å²) in [5, 5.41) is 3.43. The van der Waals surface area contributed by atoms with Crippen LogP contribution in [0.15, 0.2) is 18.2 Å². The van der Waals surface area contributed by atoms with Crippen molar-refractivity contribution in [2.75, 3.05) is 33.0 Å². The second kappa shape index (κ2) is 6.02. The Hall–Kier alpha value is -1.26. The van der Waals surface area contributed by atoms with Crippen molar-refractivity contribution in [2.24, 2.45) is 5.92 Å². The summed E-state index contributed by atoms with van der Waals surface area (Å²) in [5.41, 5.74) is 1.29. The molecule has 0 bridgehead atoms. The van der Waals surface area contributed by atoms with Crippen LogP contribution < -0.4 is 14.8 Å². The van der Waals surface area contributed by atoms with E-state index in [4.69, 9.17) is 9.47 Å². The van der Waals surface area contributed by atoms with Crippen molar-refractivity contribution in [3.05, 3.63) is 23.8 Å². The van der Waals surface area contributed by atoms with Crippen LogP contribution in [-0.2, 0) is 0 Å². The Kier molecular flexibility index (Phi) is 4.13. The maximum Gasteiger partial charge on any atom is 0.231 e. The zero-order chi connectivity index (χ0) is 13.9. The molecule has 4 nitrogen and oxygen atoms in total. The average Bonchev–Trinajstić information content (AvgIpc) is 2.98. The molecule has 2 aliphatic rings. The van der Waals surface area contributed by atoms with Gasteiger partial charge in [-0.1, -0.05) is 32.4 Å². The SMILES string of the molecule is CCC(C)[C@@H](c1cccc2c1OCO2)N1CCNCC1. The summed E-state index contributed by atoms with van der Waals surface area (Å²) in [4.78, 5) is 2.59. The van der Waals surface area contributed by atoms with Gasteiger partial charge in [0, 0.05) is 37.8 Å². The highest BCUT2D eigenvalue weighted by atomic mass is 16.7. The number of piperazine rings is 1. The Bertz CT molecular complexity index is 458. The van der Waals surface area contributed by atoms with Crippen LogP contribution in [0.1, 0.15) is 31.9 Å². The molecule has 0 saturated carbocycles. The lowest BCUT2D eigenvalue weighted by Gasteiger charge is -2.38. The van der Waals surface area contributed by atoms with Gasteiger partial charge in [0.1, 0.15) is 0 Å². The number of nitrogens with zero attached hydrogens (tertiary/aromatic N) is 1. The molecular formula is C16H24N2O2. The van der Waals surface area contributed by atoms with Crippen molar-refractivity contribution >= 4 is 0 Å². The van der Waals surface area contributed by atoms with Crippen molar-refractivity contribution in [3.63, 3.8) is 0 Å². The normalized spacial score (nSPS) is 21.7. The van der Waals surface area contributed by atoms with E-state index in [0.717, 1.165) is 37.7 Å². The number of nitrogens with one attached hydrogen (secondary N) is 1. The highest BCUT2D eigenvalue weighted by Gasteiger charge is 2.31. The molecule has 20 heavy (non-hydrogen) atoms. The summed E-state index contributed by atoms with van der Waals surface area (Å²) >= 11 is 0. The molecule has 2 atom stereocenters. The van der Waals surface area contributed by atoms with Crippen LogP contribution in [0.2, 0.25) is 0 Å². The first-order valence-corrected chi connectivity index (χ1v) is 7.64. The molecule has 2 aliphatic heterocycles. The van der Waals surface area contributed by atoms with E-state index >= 15 is 0 Å². The third kappa shape index (κ3) is 2.50. The van der Waals surface area contributed by atoms with Gasteiger partial charge in [0.05, 0.1) is 0 Å². The van der Waals surface area contributed by atoms with Crippen molar-refractivity contribution in [1.82, 2.24) is 10.2 Å². The monoisotopic (exact) mass is 276 g/mol. The van der Waals surface area contributed by atoms with E-state index in [0.29, 0.717) is 18.8 Å². The van der Waals surface area contributed by atoms with E-state index in [2.05, 4.69) is 36.2 Å². The molecule has 2 heterocycles. The molecule has 1 N–H and O–H groups in total. The highest BCUT2D eigenvalue weighted by molar-refractivity contribution is 5.49. The number of hydrogen-bond acceptors (Lipinski definition) is 4. The number of hydrogen-bond donors (Lipinski definition) is 1. The molecule has 0 amide bonds. The summed E-state index contributed by atoms with van der Waals surface area (Å²) in [6.45, 7) is 9.28. The first kappa shape index (κ1) is 13.7. The number of ether oxygens (including phenoxy) is 2. The van der Waals surface area contributed by atoms with E-state index in [1.54, 1.807) is 0 Å². The quantitative estimate of drug-likeness (QED) is 0.915. The topological polar surface area (TPSA) is 33.7 Å². The molecule has 110 valence electrons. The number of fused-ring (bicyclic) bond motifs is 1. The summed E-state index contributed by atoms with van der Waals surface area (Å²) in [5.74, 6) is 2.45. The third-order valence-corrected chi connectivity index (χ3v) is 4.47. The predicted molar refractivity (Wildman–Crippen MR) is 79.2 cm³/mol. The summed E-state index contributed by atoms with van der Waals surface area (Å²) in [6.07, 6.45) is 1.17. The van der Waals surface area contributed by atoms with E-state index < -0.39 is 0 Å². The average molecular weight is 276 g/mol. The van der Waals surface area contributed by atoms with Crippen molar-refractivity contribution < 1.29 is 9.47 Å². The van der Waals surface area contributed by atoms with Crippen molar-refractivity contribution in [1.29, 1.82) is 0 Å². The lowest BCUT2D eigenvalue weighted by Crippen LogP contribution is -2.46. The van der Waals surface area contributed by atoms with Crippen molar-refractivity contribution in [2.45, 2.75) is 26.3 Å². The molecule has 0 aromatic heterocycles. The molecule has 4 heteroatoms. The molecule has 1 saturated heterocycles. The minimum Gasteiger partial charge on any atom is -0.454 e. The molecule has 1 unspecified atom stereocenters. The van der Waals surface area contributed by atoms with Gasteiger partial charge in [-0.3, -0.25) is 4.90 Å². The minimum atomic E-state index is 0.348. The second-order valence-corrected chi connectivity index (χ2v) is 5.70. The van der Waals surface area contributed by atoms with Gasteiger partial charge >= 0.3 is 0 Å². The van der Waals surface area contributed by atoms with Crippen LogP contribution in [-0.4, -0.2) is 37.9 Å². The van der Waals surface area contributed by atoms with Crippen LogP contribution >= 0.6 is 0 Å². The zero-order valence-corrected chi connectivity index (χ0v) is 12.4. The molecule has 1 fully saturated rings. The maximum absolute atomic E-state index is 5.73. The Morgan fingerprint density at radius 3 is 2.80 bits per heavy atom. The smallest absolute Gasteiger partial charge is 0.231 e. The number of rotatable bonds is 4. The van der Waals surface area contributed by atoms with Gasteiger partial charge in [0.15, 0.2) is 11.5 Å². The zero-order valence-electron chi connectivity index (χ0n) is 12.4. The fraction of sp³-hybridized carbons (Fsp3) is 0.625.